The smallest absolute Gasteiger partial charge is 0.211 e. The van der Waals surface area contributed by atoms with E-state index in [0.29, 0.717) is 0 Å². The van der Waals surface area contributed by atoms with Crippen LogP contribution in [0.1, 0.15) is 14.9 Å². The topological polar surface area (TPSA) is 58.9 Å². The van der Waals surface area contributed by atoms with Gasteiger partial charge in [0.25, 0.3) is 0 Å². The van der Waals surface area contributed by atoms with Crippen LogP contribution in [0.4, 0.5) is 0 Å². The van der Waals surface area contributed by atoms with Crippen molar-refractivity contribution in [2.45, 2.75) is 14.9 Å². The fourth-order valence-corrected chi connectivity index (χ4v) is 0.0931. The van der Waals surface area contributed by atoms with Gasteiger partial charge < -0.3 is 0 Å². The first-order chi connectivity index (χ1) is 3.41. The van der Waals surface area contributed by atoms with Gasteiger partial charge in [0.15, 0.2) is 6.67 Å². The lowest BCUT2D eigenvalue weighted by Gasteiger charge is -1.63. The number of hydrogen-bond acceptors (Lipinski definition) is 4. The summed E-state index contributed by atoms with van der Waals surface area (Å²) in [6.45, 7) is -0.160. The molecule has 52 valence electrons. The van der Waals surface area contributed by atoms with E-state index in [2.05, 4.69) is 9.98 Å². The molecule has 0 radical (unpaired) electrons. The summed E-state index contributed by atoms with van der Waals surface area (Å²) in [4.78, 5) is 24.2. The number of hydrogen-bond donors (Lipinski definition) is 0. The molecule has 0 atom stereocenters. The van der Waals surface area contributed by atoms with Gasteiger partial charge in [-0.05, 0) is 0 Å². The van der Waals surface area contributed by atoms with E-state index in [4.69, 9.17) is 0 Å². The highest BCUT2D eigenvalue weighted by atomic mass is 16.1. The highest BCUT2D eigenvalue weighted by molar-refractivity contribution is 5.35. The molecule has 0 aromatic rings. The van der Waals surface area contributed by atoms with Crippen molar-refractivity contribution in [3.63, 3.8) is 0 Å². The number of isocyanates is 2. The van der Waals surface area contributed by atoms with Gasteiger partial charge in [0, 0.05) is 0 Å². The number of rotatable bonds is 2. The molecule has 0 heterocycles. The van der Waals surface area contributed by atoms with Gasteiger partial charge in [0.1, 0.15) is 0 Å². The average molecular weight is 130 g/mol. The predicted octanol–water partition coefficient (Wildman–Crippen LogP) is 0.888. The Morgan fingerprint density at radius 3 is 1.56 bits per heavy atom. The van der Waals surface area contributed by atoms with Gasteiger partial charge in [-0.1, -0.05) is 14.9 Å². The van der Waals surface area contributed by atoms with Gasteiger partial charge in [0.05, 0.1) is 0 Å². The molecule has 0 aromatic carbocycles. The molecule has 4 heteroatoms. The molecule has 0 bridgehead atoms. The Morgan fingerprint density at radius 1 is 1.00 bits per heavy atom. The lowest BCUT2D eigenvalue weighted by molar-refractivity contribution is 0.560. The molecule has 4 nitrogen and oxygen atoms in total. The molecular formula is C5H10N2O2. The van der Waals surface area contributed by atoms with E-state index in [-0.39, 0.29) is 21.5 Å². The van der Waals surface area contributed by atoms with E-state index in [1.54, 1.807) is 0 Å². The zero-order chi connectivity index (χ0) is 5.54. The second-order valence-corrected chi connectivity index (χ2v) is 0.640. The van der Waals surface area contributed by atoms with Gasteiger partial charge in [0.2, 0.25) is 12.2 Å². The van der Waals surface area contributed by atoms with Gasteiger partial charge in [-0.25, -0.2) is 9.59 Å². The van der Waals surface area contributed by atoms with Crippen molar-refractivity contribution in [3.8, 4) is 0 Å². The number of carbonyl (C=O) groups excluding carboxylic acids is 2. The fourth-order valence-electron chi connectivity index (χ4n) is 0.0931. The summed E-state index contributed by atoms with van der Waals surface area (Å²) in [5.41, 5.74) is 0. The lowest BCUT2D eigenvalue weighted by Crippen LogP contribution is -1.66. The molecule has 0 spiro atoms. The first kappa shape index (κ1) is 15.7. The minimum Gasteiger partial charge on any atom is -0.211 e. The molecule has 0 unspecified atom stereocenters. The minimum atomic E-state index is -0.160. The van der Waals surface area contributed by atoms with E-state index >= 15 is 0 Å². The van der Waals surface area contributed by atoms with E-state index < -0.39 is 0 Å². The van der Waals surface area contributed by atoms with E-state index in [1.807, 2.05) is 0 Å². The summed E-state index contributed by atoms with van der Waals surface area (Å²) in [6.07, 6.45) is 2.41. The van der Waals surface area contributed by atoms with Crippen molar-refractivity contribution in [1.82, 2.24) is 0 Å². The van der Waals surface area contributed by atoms with Gasteiger partial charge in [-0.2, -0.15) is 9.98 Å². The molecule has 0 amide bonds. The Labute approximate surface area is 54.3 Å². The SMILES string of the molecule is C.C.O=C=NCN=C=O. The van der Waals surface area contributed by atoms with Crippen molar-refractivity contribution in [1.29, 1.82) is 0 Å². The number of aliphatic imine (C=N–C) groups is 2. The van der Waals surface area contributed by atoms with Crippen molar-refractivity contribution < 1.29 is 9.59 Å². The molecule has 9 heavy (non-hydrogen) atoms. The summed E-state index contributed by atoms with van der Waals surface area (Å²) in [6, 6.07) is 0. The van der Waals surface area contributed by atoms with Crippen LogP contribution in [0.25, 0.3) is 0 Å². The van der Waals surface area contributed by atoms with Crippen molar-refractivity contribution in [2.24, 2.45) is 9.98 Å². The minimum absolute atomic E-state index is 0. The Morgan fingerprint density at radius 2 is 1.33 bits per heavy atom. The van der Waals surface area contributed by atoms with Crippen LogP contribution >= 0.6 is 0 Å². The van der Waals surface area contributed by atoms with Crippen LogP contribution in [0.5, 0.6) is 0 Å². The molecule has 0 fully saturated rings. The van der Waals surface area contributed by atoms with E-state index in [9.17, 15) is 9.59 Å². The molecule has 0 aliphatic carbocycles. The molecule has 0 saturated carbocycles. The molecular weight excluding hydrogens is 120 g/mol. The van der Waals surface area contributed by atoms with Crippen molar-refractivity contribution >= 4 is 12.2 Å². The zero-order valence-corrected chi connectivity index (χ0v) is 3.42. The standard InChI is InChI=1S/C3H2N2O2.2CH4/c6-2-4-1-5-3-7;;/h1H2;2*1H4. The third-order valence-electron chi connectivity index (χ3n) is 0.271. The predicted molar refractivity (Wildman–Crippen MR) is 34.6 cm³/mol. The second kappa shape index (κ2) is 15.9. The first-order valence-corrected chi connectivity index (χ1v) is 1.49. The molecule has 0 aliphatic heterocycles. The quantitative estimate of drug-likeness (QED) is 0.411. The van der Waals surface area contributed by atoms with Crippen LogP contribution in [0.2, 0.25) is 0 Å². The van der Waals surface area contributed by atoms with Gasteiger partial charge >= 0.3 is 0 Å². The van der Waals surface area contributed by atoms with Crippen LogP contribution in [0, 0.1) is 0 Å². The molecule has 0 aromatic heterocycles. The molecule has 0 N–H and O–H groups in total. The zero-order valence-electron chi connectivity index (χ0n) is 3.42. The van der Waals surface area contributed by atoms with Crippen molar-refractivity contribution in [3.05, 3.63) is 0 Å². The maximum atomic E-state index is 9.20. The molecule has 0 aliphatic rings. The van der Waals surface area contributed by atoms with Crippen LogP contribution in [-0.2, 0) is 9.59 Å². The normalized spacial score (nSPS) is 4.44. The second-order valence-electron chi connectivity index (χ2n) is 0.640. The summed E-state index contributed by atoms with van der Waals surface area (Å²) in [7, 11) is 0. The van der Waals surface area contributed by atoms with E-state index in [0.717, 1.165) is 0 Å². The monoisotopic (exact) mass is 130 g/mol. The largest absolute Gasteiger partial charge is 0.236 e. The molecule has 0 rings (SSSR count). The average Bonchev–Trinajstić information content (AvgIpc) is 1.69. The Hall–Kier alpha value is -1.24. The number of nitrogens with zero attached hydrogens (tertiary/aromatic N) is 2. The van der Waals surface area contributed by atoms with Gasteiger partial charge in [-0.15, -0.1) is 0 Å². The highest BCUT2D eigenvalue weighted by Gasteiger charge is 1.63. The Balaban J connectivity index is -0.000000180. The summed E-state index contributed by atoms with van der Waals surface area (Å²) < 4.78 is 0. The van der Waals surface area contributed by atoms with Gasteiger partial charge in [-0.3, -0.25) is 0 Å². The summed E-state index contributed by atoms with van der Waals surface area (Å²) in [5, 5.41) is 0. The van der Waals surface area contributed by atoms with Crippen LogP contribution in [0.15, 0.2) is 9.98 Å². The lowest BCUT2D eigenvalue weighted by atomic mass is 11.1. The van der Waals surface area contributed by atoms with E-state index in [1.165, 1.54) is 12.2 Å². The molecule has 0 saturated heterocycles. The summed E-state index contributed by atoms with van der Waals surface area (Å²) >= 11 is 0. The fraction of sp³-hybridized carbons (Fsp3) is 0.600. The maximum Gasteiger partial charge on any atom is 0.236 e. The highest BCUT2D eigenvalue weighted by Crippen LogP contribution is 1.61. The maximum absolute atomic E-state index is 9.20. The summed E-state index contributed by atoms with van der Waals surface area (Å²) in [5.74, 6) is 0. The third-order valence-corrected chi connectivity index (χ3v) is 0.271. The third kappa shape index (κ3) is 20.1. The first-order valence-electron chi connectivity index (χ1n) is 1.49. The van der Waals surface area contributed by atoms with Crippen molar-refractivity contribution in [2.75, 3.05) is 6.67 Å². The van der Waals surface area contributed by atoms with Crippen LogP contribution < -0.4 is 0 Å². The Bertz CT molecular complexity index is 116. The van der Waals surface area contributed by atoms with Crippen LogP contribution in [-0.4, -0.2) is 18.8 Å². The van der Waals surface area contributed by atoms with Crippen LogP contribution in [0.3, 0.4) is 0 Å². The Kier molecular flexibility index (Phi) is 27.6.